The van der Waals surface area contributed by atoms with Gasteiger partial charge in [0.1, 0.15) is 5.75 Å². The van der Waals surface area contributed by atoms with Gasteiger partial charge in [-0.2, -0.15) is 0 Å². The Morgan fingerprint density at radius 3 is 2.55 bits per heavy atom. The normalized spacial score (nSPS) is 10.1. The van der Waals surface area contributed by atoms with E-state index in [1.165, 1.54) is 0 Å². The summed E-state index contributed by atoms with van der Waals surface area (Å²) in [7, 11) is 0. The number of rotatable bonds is 5. The predicted octanol–water partition coefficient (Wildman–Crippen LogP) is 3.33. The number of carbonyl (C=O) groups excluding carboxylic acids is 1. The number of hydrogen-bond acceptors (Lipinski definition) is 3. The molecule has 5 heteroatoms. The zero-order chi connectivity index (χ0) is 14.4. The SMILES string of the molecule is Nc1ccc(OCCC(=O)Nc2ccccc2Cl)cc1. The van der Waals surface area contributed by atoms with Crippen molar-refractivity contribution in [2.45, 2.75) is 6.42 Å². The van der Waals surface area contributed by atoms with Gasteiger partial charge in [-0.1, -0.05) is 23.7 Å². The molecule has 2 aromatic rings. The van der Waals surface area contributed by atoms with Crippen LogP contribution >= 0.6 is 11.6 Å². The highest BCUT2D eigenvalue weighted by molar-refractivity contribution is 6.33. The smallest absolute Gasteiger partial charge is 0.227 e. The number of para-hydroxylation sites is 1. The van der Waals surface area contributed by atoms with Gasteiger partial charge in [-0.3, -0.25) is 4.79 Å². The van der Waals surface area contributed by atoms with E-state index < -0.39 is 0 Å². The minimum absolute atomic E-state index is 0.145. The molecular weight excluding hydrogens is 276 g/mol. The Hall–Kier alpha value is -2.20. The molecular formula is C15H15ClN2O2. The van der Waals surface area contributed by atoms with E-state index in [-0.39, 0.29) is 12.3 Å². The van der Waals surface area contributed by atoms with Gasteiger partial charge in [-0.05, 0) is 36.4 Å². The number of benzene rings is 2. The number of nitrogen functional groups attached to an aromatic ring is 1. The van der Waals surface area contributed by atoms with Crippen LogP contribution in [-0.2, 0) is 4.79 Å². The van der Waals surface area contributed by atoms with Crippen molar-refractivity contribution in [2.24, 2.45) is 0 Å². The van der Waals surface area contributed by atoms with E-state index in [2.05, 4.69) is 5.32 Å². The summed E-state index contributed by atoms with van der Waals surface area (Å²) in [4.78, 5) is 11.7. The fourth-order valence-electron chi connectivity index (χ4n) is 1.60. The Labute approximate surface area is 122 Å². The highest BCUT2D eigenvalue weighted by Crippen LogP contribution is 2.20. The molecule has 0 aliphatic heterocycles. The molecule has 0 atom stereocenters. The van der Waals surface area contributed by atoms with Gasteiger partial charge in [0, 0.05) is 5.69 Å². The van der Waals surface area contributed by atoms with Gasteiger partial charge in [0.05, 0.1) is 23.7 Å². The van der Waals surface area contributed by atoms with Crippen molar-refractivity contribution in [3.8, 4) is 5.75 Å². The number of ether oxygens (including phenoxy) is 1. The minimum Gasteiger partial charge on any atom is -0.493 e. The Kier molecular flexibility index (Phi) is 4.85. The summed E-state index contributed by atoms with van der Waals surface area (Å²) in [6.07, 6.45) is 0.246. The number of amides is 1. The van der Waals surface area contributed by atoms with E-state index in [9.17, 15) is 4.79 Å². The van der Waals surface area contributed by atoms with Gasteiger partial charge in [0.15, 0.2) is 0 Å². The number of nitrogens with two attached hydrogens (primary N) is 1. The maximum Gasteiger partial charge on any atom is 0.227 e. The molecule has 0 aliphatic carbocycles. The van der Waals surface area contributed by atoms with Crippen LogP contribution in [0.4, 0.5) is 11.4 Å². The van der Waals surface area contributed by atoms with E-state index in [1.54, 1.807) is 36.4 Å². The molecule has 20 heavy (non-hydrogen) atoms. The molecule has 0 radical (unpaired) electrons. The first-order chi connectivity index (χ1) is 9.65. The van der Waals surface area contributed by atoms with Crippen molar-refractivity contribution in [2.75, 3.05) is 17.7 Å². The van der Waals surface area contributed by atoms with Crippen LogP contribution in [0.3, 0.4) is 0 Å². The maximum absolute atomic E-state index is 11.7. The third kappa shape index (κ3) is 4.17. The number of carbonyl (C=O) groups is 1. The Morgan fingerprint density at radius 1 is 1.15 bits per heavy atom. The molecule has 3 N–H and O–H groups in total. The van der Waals surface area contributed by atoms with Gasteiger partial charge in [0.25, 0.3) is 0 Å². The second-order valence-corrected chi connectivity index (χ2v) is 4.60. The van der Waals surface area contributed by atoms with E-state index in [1.807, 2.05) is 12.1 Å². The second-order valence-electron chi connectivity index (χ2n) is 4.20. The lowest BCUT2D eigenvalue weighted by Crippen LogP contribution is -2.15. The Bertz CT molecular complexity index is 585. The van der Waals surface area contributed by atoms with Crippen LogP contribution in [-0.4, -0.2) is 12.5 Å². The molecule has 2 aromatic carbocycles. The van der Waals surface area contributed by atoms with Crippen LogP contribution in [0.2, 0.25) is 5.02 Å². The molecule has 0 saturated carbocycles. The van der Waals surface area contributed by atoms with Crippen molar-refractivity contribution >= 4 is 28.9 Å². The summed E-state index contributed by atoms with van der Waals surface area (Å²) in [5.74, 6) is 0.540. The van der Waals surface area contributed by atoms with Crippen molar-refractivity contribution in [3.63, 3.8) is 0 Å². The number of halogens is 1. The summed E-state index contributed by atoms with van der Waals surface area (Å²) in [6.45, 7) is 0.292. The maximum atomic E-state index is 11.7. The second kappa shape index (κ2) is 6.82. The molecule has 0 spiro atoms. The molecule has 2 rings (SSSR count). The average molecular weight is 291 g/mol. The first-order valence-corrected chi connectivity index (χ1v) is 6.55. The molecule has 0 fully saturated rings. The summed E-state index contributed by atoms with van der Waals surface area (Å²) >= 11 is 5.96. The molecule has 0 unspecified atom stereocenters. The molecule has 1 amide bonds. The topological polar surface area (TPSA) is 64.3 Å². The first-order valence-electron chi connectivity index (χ1n) is 6.18. The minimum atomic E-state index is -0.145. The quantitative estimate of drug-likeness (QED) is 0.830. The van der Waals surface area contributed by atoms with Crippen molar-refractivity contribution < 1.29 is 9.53 Å². The molecule has 0 saturated heterocycles. The van der Waals surface area contributed by atoms with Crippen LogP contribution < -0.4 is 15.8 Å². The van der Waals surface area contributed by atoms with E-state index >= 15 is 0 Å². The number of hydrogen-bond donors (Lipinski definition) is 2. The summed E-state index contributed by atoms with van der Waals surface area (Å²) in [5, 5.41) is 3.25. The summed E-state index contributed by atoms with van der Waals surface area (Å²) in [6, 6.07) is 14.1. The van der Waals surface area contributed by atoms with E-state index in [4.69, 9.17) is 22.1 Å². The number of anilines is 2. The molecule has 4 nitrogen and oxygen atoms in total. The zero-order valence-electron chi connectivity index (χ0n) is 10.8. The van der Waals surface area contributed by atoms with E-state index in [0.29, 0.717) is 28.8 Å². The average Bonchev–Trinajstić information content (AvgIpc) is 2.44. The molecule has 0 heterocycles. The van der Waals surface area contributed by atoms with Crippen LogP contribution in [0.25, 0.3) is 0 Å². The van der Waals surface area contributed by atoms with Crippen molar-refractivity contribution in [1.29, 1.82) is 0 Å². The Balaban J connectivity index is 1.78. The lowest BCUT2D eigenvalue weighted by molar-refractivity contribution is -0.116. The van der Waals surface area contributed by atoms with Gasteiger partial charge in [-0.25, -0.2) is 0 Å². The lowest BCUT2D eigenvalue weighted by atomic mass is 10.3. The van der Waals surface area contributed by atoms with Crippen molar-refractivity contribution in [1.82, 2.24) is 0 Å². The third-order valence-electron chi connectivity index (χ3n) is 2.63. The van der Waals surface area contributed by atoms with E-state index in [0.717, 1.165) is 0 Å². The van der Waals surface area contributed by atoms with Crippen LogP contribution in [0.15, 0.2) is 48.5 Å². The molecule has 0 bridgehead atoms. The Morgan fingerprint density at radius 2 is 1.85 bits per heavy atom. The third-order valence-corrected chi connectivity index (χ3v) is 2.96. The number of nitrogens with one attached hydrogen (secondary N) is 1. The molecule has 0 aromatic heterocycles. The zero-order valence-corrected chi connectivity index (χ0v) is 11.6. The largest absolute Gasteiger partial charge is 0.493 e. The standard InChI is InChI=1S/C15H15ClN2O2/c16-13-3-1-2-4-14(13)18-15(19)9-10-20-12-7-5-11(17)6-8-12/h1-8H,9-10,17H2,(H,18,19). The fraction of sp³-hybridized carbons (Fsp3) is 0.133. The summed E-state index contributed by atoms with van der Waals surface area (Å²) in [5.41, 5.74) is 6.85. The highest BCUT2D eigenvalue weighted by Gasteiger charge is 2.05. The van der Waals surface area contributed by atoms with Gasteiger partial charge >= 0.3 is 0 Å². The highest BCUT2D eigenvalue weighted by atomic mass is 35.5. The van der Waals surface area contributed by atoms with Crippen molar-refractivity contribution in [3.05, 3.63) is 53.6 Å². The predicted molar refractivity (Wildman–Crippen MR) is 81.0 cm³/mol. The first kappa shape index (κ1) is 14.2. The van der Waals surface area contributed by atoms with Crippen LogP contribution in [0.5, 0.6) is 5.75 Å². The fourth-order valence-corrected chi connectivity index (χ4v) is 1.78. The van der Waals surface area contributed by atoms with Gasteiger partial charge in [0.2, 0.25) is 5.91 Å². The molecule has 0 aliphatic rings. The lowest BCUT2D eigenvalue weighted by Gasteiger charge is -2.08. The summed E-state index contributed by atoms with van der Waals surface area (Å²) < 4.78 is 5.45. The van der Waals surface area contributed by atoms with Crippen LogP contribution in [0.1, 0.15) is 6.42 Å². The van der Waals surface area contributed by atoms with Gasteiger partial charge in [-0.15, -0.1) is 0 Å². The monoisotopic (exact) mass is 290 g/mol. The van der Waals surface area contributed by atoms with Gasteiger partial charge < -0.3 is 15.8 Å². The molecule has 104 valence electrons. The van der Waals surface area contributed by atoms with Crippen LogP contribution in [0, 0.1) is 0 Å².